The number of amides is 1. The molecule has 0 aliphatic carbocycles. The van der Waals surface area contributed by atoms with Gasteiger partial charge in [0.25, 0.3) is 5.91 Å². The second-order valence-corrected chi connectivity index (χ2v) is 10.6. The number of rotatable bonds is 8. The molecule has 0 saturated carbocycles. The van der Waals surface area contributed by atoms with Crippen molar-refractivity contribution >= 4 is 15.9 Å². The third-order valence-electron chi connectivity index (χ3n) is 6.35. The lowest BCUT2D eigenvalue weighted by Crippen LogP contribution is -2.62. The number of ether oxygens (including phenoxy) is 2. The molecule has 31 heavy (non-hydrogen) atoms. The van der Waals surface area contributed by atoms with Crippen molar-refractivity contribution in [1.29, 1.82) is 0 Å². The SMILES string of the molecule is COCCN1CCC(C(=O)NO)(S(=O)(=O)N2CCC(Oc3ccc(C)cc3)CC2)CC1. The van der Waals surface area contributed by atoms with E-state index >= 15 is 0 Å². The van der Waals surface area contributed by atoms with E-state index in [2.05, 4.69) is 4.90 Å². The number of piperidine rings is 2. The molecule has 0 aromatic heterocycles. The molecule has 3 rings (SSSR count). The molecule has 2 aliphatic rings. The normalized spacial score (nSPS) is 21.0. The lowest BCUT2D eigenvalue weighted by molar-refractivity contribution is -0.133. The minimum atomic E-state index is -3.96. The van der Waals surface area contributed by atoms with E-state index in [0.717, 1.165) is 11.3 Å². The first-order valence-electron chi connectivity index (χ1n) is 10.7. The summed E-state index contributed by atoms with van der Waals surface area (Å²) in [6.07, 6.45) is 1.28. The summed E-state index contributed by atoms with van der Waals surface area (Å²) < 4.78 is 37.9. The zero-order valence-electron chi connectivity index (χ0n) is 18.2. The highest BCUT2D eigenvalue weighted by Crippen LogP contribution is 2.35. The number of hydroxylamine groups is 1. The van der Waals surface area contributed by atoms with Crippen molar-refractivity contribution in [1.82, 2.24) is 14.7 Å². The van der Waals surface area contributed by atoms with E-state index in [-0.39, 0.29) is 32.0 Å². The number of sulfonamides is 1. The Balaban J connectivity index is 1.66. The molecule has 2 saturated heterocycles. The average molecular weight is 456 g/mol. The molecule has 0 unspecified atom stereocenters. The Labute approximate surface area is 184 Å². The number of hydrogen-bond acceptors (Lipinski definition) is 7. The Hall–Kier alpha value is -1.72. The van der Waals surface area contributed by atoms with E-state index < -0.39 is 20.7 Å². The third kappa shape index (κ3) is 5.20. The number of nitrogens with zero attached hydrogens (tertiary/aromatic N) is 2. The predicted octanol–water partition coefficient (Wildman–Crippen LogP) is 1.15. The van der Waals surface area contributed by atoms with Crippen molar-refractivity contribution in [2.24, 2.45) is 0 Å². The number of carbonyl (C=O) groups is 1. The summed E-state index contributed by atoms with van der Waals surface area (Å²) in [7, 11) is -2.34. The molecule has 1 aromatic carbocycles. The van der Waals surface area contributed by atoms with Gasteiger partial charge >= 0.3 is 0 Å². The fourth-order valence-electron chi connectivity index (χ4n) is 4.31. The Morgan fingerprint density at radius 2 is 1.77 bits per heavy atom. The molecule has 0 bridgehead atoms. The van der Waals surface area contributed by atoms with Crippen molar-refractivity contribution < 1.29 is 27.9 Å². The van der Waals surface area contributed by atoms with E-state index in [9.17, 15) is 18.4 Å². The van der Waals surface area contributed by atoms with E-state index in [4.69, 9.17) is 9.47 Å². The molecule has 2 heterocycles. The summed E-state index contributed by atoms with van der Waals surface area (Å²) >= 11 is 0. The van der Waals surface area contributed by atoms with E-state index in [1.54, 1.807) is 12.6 Å². The van der Waals surface area contributed by atoms with Crippen LogP contribution in [0.5, 0.6) is 5.75 Å². The lowest BCUT2D eigenvalue weighted by Gasteiger charge is -2.43. The molecule has 0 spiro atoms. The molecule has 0 atom stereocenters. The fourth-order valence-corrected chi connectivity index (χ4v) is 6.47. The smallest absolute Gasteiger partial charge is 0.266 e. The second-order valence-electron chi connectivity index (χ2n) is 8.30. The van der Waals surface area contributed by atoms with Crippen LogP contribution in [0, 0.1) is 6.92 Å². The minimum absolute atomic E-state index is 0.0762. The van der Waals surface area contributed by atoms with Gasteiger partial charge in [0.15, 0.2) is 4.75 Å². The summed E-state index contributed by atoms with van der Waals surface area (Å²) in [5.74, 6) is -0.0802. The van der Waals surface area contributed by atoms with E-state index in [0.29, 0.717) is 39.1 Å². The average Bonchev–Trinajstić information content (AvgIpc) is 2.79. The van der Waals surface area contributed by atoms with Gasteiger partial charge in [0.05, 0.1) is 6.61 Å². The van der Waals surface area contributed by atoms with Gasteiger partial charge in [-0.3, -0.25) is 10.0 Å². The van der Waals surface area contributed by atoms with Gasteiger partial charge in [-0.1, -0.05) is 17.7 Å². The van der Waals surface area contributed by atoms with Crippen molar-refractivity contribution in [3.8, 4) is 5.75 Å². The van der Waals surface area contributed by atoms with Crippen LogP contribution in [0.25, 0.3) is 0 Å². The monoisotopic (exact) mass is 455 g/mol. The summed E-state index contributed by atoms with van der Waals surface area (Å²) in [4.78, 5) is 14.7. The number of nitrogens with one attached hydrogen (secondary N) is 1. The Morgan fingerprint density at radius 3 is 2.32 bits per heavy atom. The first kappa shape index (κ1) is 23.9. The summed E-state index contributed by atoms with van der Waals surface area (Å²) in [5.41, 5.74) is 2.76. The summed E-state index contributed by atoms with van der Waals surface area (Å²) in [6, 6.07) is 7.78. The molecule has 0 radical (unpaired) electrons. The highest BCUT2D eigenvalue weighted by molar-refractivity contribution is 7.91. The molecule has 2 aliphatic heterocycles. The van der Waals surface area contributed by atoms with Gasteiger partial charge in [-0.15, -0.1) is 0 Å². The van der Waals surface area contributed by atoms with Crippen LogP contribution < -0.4 is 10.2 Å². The van der Waals surface area contributed by atoms with E-state index in [1.165, 1.54) is 4.31 Å². The predicted molar refractivity (Wildman–Crippen MR) is 116 cm³/mol. The Kier molecular flexibility index (Phi) is 7.92. The van der Waals surface area contributed by atoms with Gasteiger partial charge in [0.1, 0.15) is 11.9 Å². The van der Waals surface area contributed by atoms with Crippen molar-refractivity contribution in [2.45, 2.75) is 43.5 Å². The maximum absolute atomic E-state index is 13.6. The molecule has 2 N–H and O–H groups in total. The highest BCUT2D eigenvalue weighted by atomic mass is 32.2. The number of aryl methyl sites for hydroxylation is 1. The van der Waals surface area contributed by atoms with Crippen molar-refractivity contribution in [2.75, 3.05) is 46.4 Å². The second kappa shape index (κ2) is 10.3. The molecular formula is C21H33N3O6S. The first-order valence-corrected chi connectivity index (χ1v) is 12.2. The van der Waals surface area contributed by atoms with E-state index in [1.807, 2.05) is 31.2 Å². The molecule has 174 valence electrons. The van der Waals surface area contributed by atoms with Gasteiger partial charge in [-0.05, 0) is 44.7 Å². The zero-order valence-corrected chi connectivity index (χ0v) is 19.1. The van der Waals surface area contributed by atoms with Crippen LogP contribution in [-0.2, 0) is 19.6 Å². The summed E-state index contributed by atoms with van der Waals surface area (Å²) in [5, 5.41) is 9.31. The van der Waals surface area contributed by atoms with Crippen LogP contribution in [0.1, 0.15) is 31.2 Å². The largest absolute Gasteiger partial charge is 0.490 e. The van der Waals surface area contributed by atoms with Crippen molar-refractivity contribution in [3.63, 3.8) is 0 Å². The van der Waals surface area contributed by atoms with Gasteiger partial charge < -0.3 is 14.4 Å². The van der Waals surface area contributed by atoms with Crippen LogP contribution in [0.4, 0.5) is 0 Å². The van der Waals surface area contributed by atoms with Gasteiger partial charge in [-0.2, -0.15) is 0 Å². The van der Waals surface area contributed by atoms with Crippen LogP contribution in [0.2, 0.25) is 0 Å². The molecule has 2 fully saturated rings. The fraction of sp³-hybridized carbons (Fsp3) is 0.667. The highest BCUT2D eigenvalue weighted by Gasteiger charge is 2.55. The maximum atomic E-state index is 13.6. The number of carbonyl (C=O) groups excluding carboxylic acids is 1. The Bertz CT molecular complexity index is 829. The molecular weight excluding hydrogens is 422 g/mol. The molecule has 9 nitrogen and oxygen atoms in total. The quantitative estimate of drug-likeness (QED) is 0.447. The van der Waals surface area contributed by atoms with Crippen LogP contribution >= 0.6 is 0 Å². The molecule has 10 heteroatoms. The third-order valence-corrected chi connectivity index (χ3v) is 8.98. The van der Waals surface area contributed by atoms with Crippen LogP contribution in [0.3, 0.4) is 0 Å². The minimum Gasteiger partial charge on any atom is -0.490 e. The standard InChI is InChI=1S/C21H33N3O6S/c1-17-3-5-18(6-4-17)30-19-7-11-24(12-8-19)31(27,28)21(20(25)22-26)9-13-23(14-10-21)15-16-29-2/h3-6,19,26H,7-16H2,1-2H3,(H,22,25). The maximum Gasteiger partial charge on any atom is 0.266 e. The first-order chi connectivity index (χ1) is 14.8. The van der Waals surface area contributed by atoms with Crippen LogP contribution in [0.15, 0.2) is 24.3 Å². The topological polar surface area (TPSA) is 108 Å². The number of benzene rings is 1. The zero-order chi connectivity index (χ0) is 22.5. The summed E-state index contributed by atoms with van der Waals surface area (Å²) in [6.45, 7) is 4.69. The lowest BCUT2D eigenvalue weighted by atomic mass is 9.95. The van der Waals surface area contributed by atoms with Gasteiger partial charge in [0, 0.05) is 39.8 Å². The van der Waals surface area contributed by atoms with Crippen molar-refractivity contribution in [3.05, 3.63) is 29.8 Å². The number of likely N-dealkylation sites (tertiary alicyclic amines) is 1. The van der Waals surface area contributed by atoms with Gasteiger partial charge in [-0.25, -0.2) is 18.2 Å². The number of methoxy groups -OCH3 is 1. The van der Waals surface area contributed by atoms with Crippen LogP contribution in [-0.4, -0.2) is 86.0 Å². The number of hydrogen-bond donors (Lipinski definition) is 2. The Morgan fingerprint density at radius 1 is 1.16 bits per heavy atom. The molecule has 1 amide bonds. The van der Waals surface area contributed by atoms with Gasteiger partial charge in [0.2, 0.25) is 10.0 Å². The molecule has 1 aromatic rings.